The highest BCUT2D eigenvalue weighted by Crippen LogP contribution is 2.44. The molecular formula is C29H32F3N3O2. The molecule has 0 aromatic heterocycles. The van der Waals surface area contributed by atoms with Crippen molar-refractivity contribution in [2.75, 3.05) is 31.5 Å². The average Bonchev–Trinajstić information content (AvgIpc) is 2.93. The van der Waals surface area contributed by atoms with Crippen LogP contribution in [-0.4, -0.2) is 43.1 Å². The van der Waals surface area contributed by atoms with Gasteiger partial charge < -0.3 is 20.7 Å². The minimum Gasteiger partial charge on any atom is -0.384 e. The maximum Gasteiger partial charge on any atom is 0.416 e. The van der Waals surface area contributed by atoms with Gasteiger partial charge in [0.15, 0.2) is 0 Å². The Balaban J connectivity index is 0.000000469. The van der Waals surface area contributed by atoms with Crippen LogP contribution in [0.4, 0.5) is 18.9 Å². The fourth-order valence-corrected chi connectivity index (χ4v) is 4.81. The fraction of sp³-hybridized carbons (Fsp3) is 0.345. The lowest BCUT2D eigenvalue weighted by molar-refractivity contribution is -0.138. The summed E-state index contributed by atoms with van der Waals surface area (Å²) in [5.74, 6) is -0.0261. The molecule has 3 aromatic carbocycles. The largest absolute Gasteiger partial charge is 0.416 e. The Morgan fingerprint density at radius 1 is 0.973 bits per heavy atom. The van der Waals surface area contributed by atoms with E-state index in [4.69, 9.17) is 10.5 Å². The number of ether oxygens (including phenoxy) is 1. The van der Waals surface area contributed by atoms with E-state index in [0.717, 1.165) is 18.9 Å². The van der Waals surface area contributed by atoms with E-state index in [9.17, 15) is 18.0 Å². The van der Waals surface area contributed by atoms with Crippen molar-refractivity contribution in [1.29, 1.82) is 0 Å². The normalized spacial score (nSPS) is 20.4. The highest BCUT2D eigenvalue weighted by atomic mass is 19.4. The fourth-order valence-electron chi connectivity index (χ4n) is 4.81. The zero-order valence-electron chi connectivity index (χ0n) is 20.5. The summed E-state index contributed by atoms with van der Waals surface area (Å²) in [6.07, 6.45) is -3.55. The number of nitrogens with one attached hydrogen (secondary N) is 1. The second-order valence-electron chi connectivity index (χ2n) is 9.26. The average molecular weight is 512 g/mol. The molecule has 0 saturated carbocycles. The van der Waals surface area contributed by atoms with Crippen LogP contribution in [0.2, 0.25) is 0 Å². The summed E-state index contributed by atoms with van der Waals surface area (Å²) in [6.45, 7) is 1.72. The van der Waals surface area contributed by atoms with Crippen molar-refractivity contribution in [3.05, 3.63) is 102 Å². The number of benzene rings is 3. The van der Waals surface area contributed by atoms with Gasteiger partial charge in [-0.1, -0.05) is 54.6 Å². The molecule has 5 rings (SSSR count). The summed E-state index contributed by atoms with van der Waals surface area (Å²) < 4.78 is 46.1. The van der Waals surface area contributed by atoms with Gasteiger partial charge in [0, 0.05) is 48.9 Å². The molecule has 37 heavy (non-hydrogen) atoms. The highest BCUT2D eigenvalue weighted by molar-refractivity contribution is 5.94. The maximum atomic E-state index is 13.2. The SMILES string of the molecule is NCCN(CC1CCC2CNc3ccc(C(F)(F)F)cc3C2O1)C(=O)c1ccccc1.c1ccccc1. The van der Waals surface area contributed by atoms with Crippen LogP contribution in [0.15, 0.2) is 84.9 Å². The van der Waals surface area contributed by atoms with Gasteiger partial charge in [0.05, 0.1) is 17.8 Å². The van der Waals surface area contributed by atoms with Crippen molar-refractivity contribution in [2.45, 2.75) is 31.2 Å². The summed E-state index contributed by atoms with van der Waals surface area (Å²) in [5.41, 5.74) is 6.84. The monoisotopic (exact) mass is 511 g/mol. The van der Waals surface area contributed by atoms with E-state index in [1.807, 2.05) is 42.5 Å². The topological polar surface area (TPSA) is 67.6 Å². The van der Waals surface area contributed by atoms with Gasteiger partial charge in [-0.15, -0.1) is 0 Å². The molecule has 3 unspecified atom stereocenters. The smallest absolute Gasteiger partial charge is 0.384 e. The van der Waals surface area contributed by atoms with Crippen LogP contribution in [0.5, 0.6) is 0 Å². The molecular weight excluding hydrogens is 479 g/mol. The maximum absolute atomic E-state index is 13.2. The molecule has 2 heterocycles. The number of hydrogen-bond donors (Lipinski definition) is 2. The van der Waals surface area contributed by atoms with E-state index >= 15 is 0 Å². The second kappa shape index (κ2) is 12.3. The highest BCUT2D eigenvalue weighted by Gasteiger charge is 2.39. The number of nitrogens with two attached hydrogens (primary N) is 1. The minimum absolute atomic E-state index is 0.0972. The predicted molar refractivity (Wildman–Crippen MR) is 138 cm³/mol. The number of alkyl halides is 3. The number of anilines is 1. The van der Waals surface area contributed by atoms with Gasteiger partial charge in [0.1, 0.15) is 0 Å². The second-order valence-corrected chi connectivity index (χ2v) is 9.26. The van der Waals surface area contributed by atoms with Gasteiger partial charge in [-0.2, -0.15) is 13.2 Å². The number of fused-ring (bicyclic) bond motifs is 3. The van der Waals surface area contributed by atoms with Gasteiger partial charge in [-0.3, -0.25) is 4.79 Å². The molecule has 8 heteroatoms. The summed E-state index contributed by atoms with van der Waals surface area (Å²) >= 11 is 0. The summed E-state index contributed by atoms with van der Waals surface area (Å²) in [4.78, 5) is 14.6. The van der Waals surface area contributed by atoms with E-state index in [1.54, 1.807) is 29.2 Å². The molecule has 3 N–H and O–H groups in total. The Morgan fingerprint density at radius 2 is 1.62 bits per heavy atom. The van der Waals surface area contributed by atoms with Gasteiger partial charge in [0.25, 0.3) is 5.91 Å². The number of carbonyl (C=O) groups excluding carboxylic acids is 1. The Bertz CT molecular complexity index is 1120. The van der Waals surface area contributed by atoms with Gasteiger partial charge >= 0.3 is 6.18 Å². The third-order valence-corrected chi connectivity index (χ3v) is 6.66. The Hall–Kier alpha value is -3.36. The molecule has 1 amide bonds. The predicted octanol–water partition coefficient (Wildman–Crippen LogP) is 5.75. The zero-order valence-corrected chi connectivity index (χ0v) is 20.5. The number of carbonyl (C=O) groups is 1. The van der Waals surface area contributed by atoms with Crippen LogP contribution in [0.1, 0.15) is 40.4 Å². The van der Waals surface area contributed by atoms with Crippen molar-refractivity contribution in [3.63, 3.8) is 0 Å². The third kappa shape index (κ3) is 6.90. The van der Waals surface area contributed by atoms with E-state index in [1.165, 1.54) is 12.1 Å². The third-order valence-electron chi connectivity index (χ3n) is 6.66. The molecule has 2 aliphatic rings. The van der Waals surface area contributed by atoms with Crippen molar-refractivity contribution < 1.29 is 22.7 Å². The first-order valence-corrected chi connectivity index (χ1v) is 12.5. The van der Waals surface area contributed by atoms with E-state index in [-0.39, 0.29) is 17.9 Å². The Morgan fingerprint density at radius 3 is 2.24 bits per heavy atom. The summed E-state index contributed by atoms with van der Waals surface area (Å²) in [6, 6.07) is 24.7. The quantitative estimate of drug-likeness (QED) is 0.458. The number of rotatable bonds is 5. The van der Waals surface area contributed by atoms with Gasteiger partial charge in [-0.25, -0.2) is 0 Å². The lowest BCUT2D eigenvalue weighted by Gasteiger charge is -2.42. The molecule has 3 aromatic rings. The number of halogens is 3. The van der Waals surface area contributed by atoms with Gasteiger partial charge in [-0.05, 0) is 43.2 Å². The van der Waals surface area contributed by atoms with Crippen LogP contribution in [0.3, 0.4) is 0 Å². The molecule has 0 bridgehead atoms. The molecule has 5 nitrogen and oxygen atoms in total. The van der Waals surface area contributed by atoms with Crippen molar-refractivity contribution in [1.82, 2.24) is 4.90 Å². The summed E-state index contributed by atoms with van der Waals surface area (Å²) in [5, 5.41) is 3.23. The van der Waals surface area contributed by atoms with Crippen LogP contribution in [0, 0.1) is 5.92 Å². The van der Waals surface area contributed by atoms with E-state index < -0.39 is 17.8 Å². The molecule has 0 aliphatic carbocycles. The molecule has 196 valence electrons. The van der Waals surface area contributed by atoms with Crippen LogP contribution < -0.4 is 11.1 Å². The molecule has 1 saturated heterocycles. The molecule has 0 spiro atoms. The summed E-state index contributed by atoms with van der Waals surface area (Å²) in [7, 11) is 0. The molecule has 1 fully saturated rings. The lowest BCUT2D eigenvalue weighted by Crippen LogP contribution is -2.45. The first-order chi connectivity index (χ1) is 17.9. The van der Waals surface area contributed by atoms with E-state index in [0.29, 0.717) is 43.0 Å². The number of nitrogens with zero attached hydrogens (tertiary/aromatic N) is 1. The first-order valence-electron chi connectivity index (χ1n) is 12.5. The van der Waals surface area contributed by atoms with Crippen molar-refractivity contribution in [3.8, 4) is 0 Å². The minimum atomic E-state index is -4.41. The standard InChI is InChI=1S/C23H26F3N3O2.C6H6/c24-23(25,26)17-7-9-20-19(12-17)21-16(13-28-20)6-8-18(31-21)14-29(11-10-27)22(30)15-4-2-1-3-5-15;1-2-4-6-5-3-1/h1-5,7,9,12,16,18,21,28H,6,8,10-11,13-14,27H2;1-6H. The van der Waals surface area contributed by atoms with Crippen LogP contribution >= 0.6 is 0 Å². The lowest BCUT2D eigenvalue weighted by atomic mass is 9.83. The number of hydrogen-bond acceptors (Lipinski definition) is 4. The zero-order chi connectivity index (χ0) is 26.3. The Kier molecular flexibility index (Phi) is 8.84. The van der Waals surface area contributed by atoms with Crippen molar-refractivity contribution in [2.24, 2.45) is 11.7 Å². The first kappa shape index (κ1) is 26.7. The van der Waals surface area contributed by atoms with E-state index in [2.05, 4.69) is 5.32 Å². The van der Waals surface area contributed by atoms with Crippen LogP contribution in [0.25, 0.3) is 0 Å². The number of amides is 1. The van der Waals surface area contributed by atoms with Crippen LogP contribution in [-0.2, 0) is 10.9 Å². The Labute approximate surface area is 215 Å². The van der Waals surface area contributed by atoms with Gasteiger partial charge in [0.2, 0.25) is 0 Å². The molecule has 3 atom stereocenters. The van der Waals surface area contributed by atoms with Crippen molar-refractivity contribution >= 4 is 11.6 Å². The molecule has 2 aliphatic heterocycles. The molecule has 0 radical (unpaired) electrons.